The maximum absolute atomic E-state index is 4.51. The van der Waals surface area contributed by atoms with Crippen molar-refractivity contribution in [2.24, 2.45) is 0 Å². The van der Waals surface area contributed by atoms with Crippen LogP contribution < -0.4 is 10.6 Å². The van der Waals surface area contributed by atoms with Crippen LogP contribution in [0.15, 0.2) is 5.38 Å². The normalized spacial score (nSPS) is 27.2. The second-order valence-electron chi connectivity index (χ2n) is 5.02. The fourth-order valence-corrected chi connectivity index (χ4v) is 2.97. The number of aryl methyl sites for hydroxylation is 1. The van der Waals surface area contributed by atoms with E-state index in [4.69, 9.17) is 0 Å². The monoisotopic (exact) mass is 239 g/mol. The average Bonchev–Trinajstić information content (AvgIpc) is 2.85. The van der Waals surface area contributed by atoms with Gasteiger partial charge in [0.25, 0.3) is 0 Å². The van der Waals surface area contributed by atoms with Gasteiger partial charge in [-0.2, -0.15) is 0 Å². The lowest BCUT2D eigenvalue weighted by molar-refractivity contribution is 0.367. The fourth-order valence-electron chi connectivity index (χ4n) is 2.14. The van der Waals surface area contributed by atoms with Crippen LogP contribution in [0, 0.1) is 6.92 Å². The van der Waals surface area contributed by atoms with Crippen molar-refractivity contribution in [3.63, 3.8) is 0 Å². The summed E-state index contributed by atoms with van der Waals surface area (Å²) in [6, 6.07) is 0.359. The molecule has 0 amide bonds. The summed E-state index contributed by atoms with van der Waals surface area (Å²) in [5, 5.41) is 10.5. The molecule has 0 spiro atoms. The zero-order valence-electron chi connectivity index (χ0n) is 10.3. The molecule has 4 heteroatoms. The van der Waals surface area contributed by atoms with Gasteiger partial charge in [-0.3, -0.25) is 0 Å². The molecule has 2 atom stereocenters. The van der Waals surface area contributed by atoms with Crippen LogP contribution >= 0.6 is 11.3 Å². The molecule has 0 aromatic carbocycles. The highest BCUT2D eigenvalue weighted by Gasteiger charge is 2.28. The molecule has 1 fully saturated rings. The standard InChI is InChI=1S/C12H21N3S/c1-9-7-16-11(15-9)10(2)13-8-12(3)5-4-6-14-12/h7,10,13-14H,4-6,8H2,1-3H3. The number of hydrogen-bond donors (Lipinski definition) is 2. The van der Waals surface area contributed by atoms with Crippen LogP contribution in [0.2, 0.25) is 0 Å². The van der Waals surface area contributed by atoms with Crippen LogP contribution in [-0.4, -0.2) is 23.6 Å². The lowest BCUT2D eigenvalue weighted by Crippen LogP contribution is -2.46. The van der Waals surface area contributed by atoms with E-state index in [-0.39, 0.29) is 5.54 Å². The Morgan fingerprint density at radius 3 is 3.06 bits per heavy atom. The van der Waals surface area contributed by atoms with E-state index in [1.54, 1.807) is 11.3 Å². The van der Waals surface area contributed by atoms with E-state index in [1.807, 2.05) is 6.92 Å². The van der Waals surface area contributed by atoms with E-state index in [1.165, 1.54) is 17.8 Å². The number of nitrogens with zero attached hydrogens (tertiary/aromatic N) is 1. The lowest BCUT2D eigenvalue weighted by Gasteiger charge is -2.26. The summed E-state index contributed by atoms with van der Waals surface area (Å²) in [4.78, 5) is 4.51. The molecule has 1 aliphatic heterocycles. The Morgan fingerprint density at radius 1 is 1.69 bits per heavy atom. The van der Waals surface area contributed by atoms with Crippen LogP contribution in [0.5, 0.6) is 0 Å². The van der Waals surface area contributed by atoms with E-state index in [0.29, 0.717) is 6.04 Å². The number of aromatic nitrogens is 1. The maximum atomic E-state index is 4.51. The van der Waals surface area contributed by atoms with Crippen LogP contribution in [0.3, 0.4) is 0 Å². The minimum Gasteiger partial charge on any atom is -0.310 e. The van der Waals surface area contributed by atoms with Gasteiger partial charge >= 0.3 is 0 Å². The third kappa shape index (κ3) is 2.81. The third-order valence-corrected chi connectivity index (χ3v) is 4.41. The number of nitrogens with one attached hydrogen (secondary N) is 2. The Bertz CT molecular complexity index is 342. The van der Waals surface area contributed by atoms with E-state index >= 15 is 0 Å². The molecular formula is C12H21N3S. The molecule has 0 bridgehead atoms. The Kier molecular flexibility index (Phi) is 3.62. The quantitative estimate of drug-likeness (QED) is 0.846. The van der Waals surface area contributed by atoms with Crippen molar-refractivity contribution in [2.75, 3.05) is 13.1 Å². The van der Waals surface area contributed by atoms with Crippen molar-refractivity contribution in [3.8, 4) is 0 Å². The van der Waals surface area contributed by atoms with Crippen LogP contribution in [0.4, 0.5) is 0 Å². The summed E-state index contributed by atoms with van der Waals surface area (Å²) in [6.45, 7) is 8.71. The van der Waals surface area contributed by atoms with Crippen molar-refractivity contribution in [1.29, 1.82) is 0 Å². The molecule has 0 aliphatic carbocycles. The molecule has 90 valence electrons. The zero-order chi connectivity index (χ0) is 11.6. The largest absolute Gasteiger partial charge is 0.310 e. The van der Waals surface area contributed by atoms with Gasteiger partial charge in [-0.05, 0) is 40.2 Å². The molecule has 1 aliphatic rings. The van der Waals surface area contributed by atoms with Gasteiger partial charge in [0.05, 0.1) is 6.04 Å². The average molecular weight is 239 g/mol. The van der Waals surface area contributed by atoms with Gasteiger partial charge in [0, 0.05) is 23.2 Å². The first kappa shape index (κ1) is 12.0. The lowest BCUT2D eigenvalue weighted by atomic mass is 10.0. The summed E-state index contributed by atoms with van der Waals surface area (Å²) in [5.74, 6) is 0. The van der Waals surface area contributed by atoms with E-state index in [2.05, 4.69) is 34.8 Å². The highest BCUT2D eigenvalue weighted by molar-refractivity contribution is 7.09. The predicted octanol–water partition coefficient (Wildman–Crippen LogP) is 2.24. The van der Waals surface area contributed by atoms with Crippen molar-refractivity contribution in [3.05, 3.63) is 16.1 Å². The molecule has 1 aromatic rings. The van der Waals surface area contributed by atoms with E-state index in [0.717, 1.165) is 18.8 Å². The van der Waals surface area contributed by atoms with Crippen molar-refractivity contribution in [1.82, 2.24) is 15.6 Å². The van der Waals surface area contributed by atoms with Crippen LogP contribution in [0.1, 0.15) is 43.4 Å². The van der Waals surface area contributed by atoms with Crippen molar-refractivity contribution >= 4 is 11.3 Å². The highest BCUT2D eigenvalue weighted by atomic mass is 32.1. The first-order valence-electron chi connectivity index (χ1n) is 5.99. The fraction of sp³-hybridized carbons (Fsp3) is 0.750. The minimum atomic E-state index is 0.278. The summed E-state index contributed by atoms with van der Waals surface area (Å²) in [5.41, 5.74) is 1.40. The molecule has 1 aromatic heterocycles. The molecule has 0 radical (unpaired) electrons. The second kappa shape index (κ2) is 4.82. The summed E-state index contributed by atoms with van der Waals surface area (Å²) in [6.07, 6.45) is 2.56. The molecule has 16 heavy (non-hydrogen) atoms. The zero-order valence-corrected chi connectivity index (χ0v) is 11.2. The minimum absolute atomic E-state index is 0.278. The number of rotatable bonds is 4. The summed E-state index contributed by atoms with van der Waals surface area (Å²) in [7, 11) is 0. The van der Waals surface area contributed by atoms with Crippen molar-refractivity contribution in [2.45, 2.75) is 45.2 Å². The molecule has 2 rings (SSSR count). The summed E-state index contributed by atoms with van der Waals surface area (Å²) < 4.78 is 0. The number of hydrogen-bond acceptors (Lipinski definition) is 4. The topological polar surface area (TPSA) is 37.0 Å². The predicted molar refractivity (Wildman–Crippen MR) is 68.9 cm³/mol. The van der Waals surface area contributed by atoms with E-state index < -0.39 is 0 Å². The van der Waals surface area contributed by atoms with Crippen molar-refractivity contribution < 1.29 is 0 Å². The van der Waals surface area contributed by atoms with Gasteiger partial charge in [0.1, 0.15) is 5.01 Å². The Morgan fingerprint density at radius 2 is 2.50 bits per heavy atom. The maximum Gasteiger partial charge on any atom is 0.110 e. The van der Waals surface area contributed by atoms with Gasteiger partial charge < -0.3 is 10.6 Å². The molecule has 2 heterocycles. The molecule has 1 saturated heterocycles. The van der Waals surface area contributed by atoms with Crippen LogP contribution in [0.25, 0.3) is 0 Å². The van der Waals surface area contributed by atoms with Gasteiger partial charge in [0.15, 0.2) is 0 Å². The molecule has 2 N–H and O–H groups in total. The molecule has 0 saturated carbocycles. The van der Waals surface area contributed by atoms with Gasteiger partial charge in [-0.1, -0.05) is 0 Å². The molecule has 2 unspecified atom stereocenters. The third-order valence-electron chi connectivity index (χ3n) is 3.26. The highest BCUT2D eigenvalue weighted by Crippen LogP contribution is 2.21. The van der Waals surface area contributed by atoms with Crippen LogP contribution in [-0.2, 0) is 0 Å². The van der Waals surface area contributed by atoms with Gasteiger partial charge in [0.2, 0.25) is 0 Å². The smallest absolute Gasteiger partial charge is 0.110 e. The van der Waals surface area contributed by atoms with Gasteiger partial charge in [-0.25, -0.2) is 4.98 Å². The molecule has 3 nitrogen and oxygen atoms in total. The van der Waals surface area contributed by atoms with Gasteiger partial charge in [-0.15, -0.1) is 11.3 Å². The Hall–Kier alpha value is -0.450. The Balaban J connectivity index is 1.86. The first-order chi connectivity index (χ1) is 7.59. The first-order valence-corrected chi connectivity index (χ1v) is 6.87. The Labute approximate surface area is 102 Å². The SMILES string of the molecule is Cc1csc(C(C)NCC2(C)CCCN2)n1. The second-order valence-corrected chi connectivity index (χ2v) is 5.91. The summed E-state index contributed by atoms with van der Waals surface area (Å²) >= 11 is 1.75. The molecular weight excluding hydrogens is 218 g/mol. The van der Waals surface area contributed by atoms with E-state index in [9.17, 15) is 0 Å². The number of thiazole rings is 1.